The van der Waals surface area contributed by atoms with Gasteiger partial charge in [-0.2, -0.15) is 0 Å². The lowest BCUT2D eigenvalue weighted by atomic mass is 9.73. The maximum Gasteiger partial charge on any atom is 0.236 e. The highest BCUT2D eigenvalue weighted by atomic mass is 16.2. The molecule has 2 aromatic rings. The molecule has 0 unspecified atom stereocenters. The summed E-state index contributed by atoms with van der Waals surface area (Å²) in [5.74, 6) is 4.15. The number of likely N-dealkylation sites (N-methyl/N-ethyl adjacent to an activating group) is 1. The van der Waals surface area contributed by atoms with Crippen LogP contribution in [0, 0.1) is 17.8 Å². The SMILES string of the molecule is CCN(CC)C(=O)CN1CCC[C@@H](Cc2nc3ccccc3n2[C@@H]2C[C@H]3CCC[C@@H](C2)N3[C@H]2C[C@@H]3CCCC[C@@H](C3)C2)C1. The molecule has 1 aromatic carbocycles. The average Bonchev–Trinajstić information content (AvgIpc) is 3.27. The highest BCUT2D eigenvalue weighted by Crippen LogP contribution is 2.47. The van der Waals surface area contributed by atoms with E-state index in [0.717, 1.165) is 62.6 Å². The standard InChI is InChI=1S/C37H57N5O/c1-3-40(4-2)37(43)26-39-18-10-13-29(25-39)22-36-38-34-16-7-8-17-35(34)42(36)33-23-30-14-9-15-31(24-33)41(30)32-20-27-11-5-6-12-28(19-27)21-32/h7-8,16-17,27-33H,3-6,9-15,18-26H2,1-2H3/t27-,28+,29-,30-,31+,32+,33-/m0/s1. The monoisotopic (exact) mass is 587 g/mol. The van der Waals surface area contributed by atoms with Crippen LogP contribution in [0.1, 0.15) is 116 Å². The van der Waals surface area contributed by atoms with Gasteiger partial charge in [0.25, 0.3) is 0 Å². The number of rotatable bonds is 8. The van der Waals surface area contributed by atoms with Crippen LogP contribution in [-0.4, -0.2) is 81.0 Å². The summed E-state index contributed by atoms with van der Waals surface area (Å²) < 4.78 is 2.72. The summed E-state index contributed by atoms with van der Waals surface area (Å²) >= 11 is 0. The van der Waals surface area contributed by atoms with Gasteiger partial charge >= 0.3 is 0 Å². The minimum absolute atomic E-state index is 0.286. The summed E-state index contributed by atoms with van der Waals surface area (Å²) in [6.07, 6.45) is 20.7. The van der Waals surface area contributed by atoms with Gasteiger partial charge in [0, 0.05) is 50.2 Å². The zero-order chi connectivity index (χ0) is 29.3. The number of hydrogen-bond acceptors (Lipinski definition) is 4. The Balaban J connectivity index is 1.09. The highest BCUT2D eigenvalue weighted by Gasteiger charge is 2.45. The van der Waals surface area contributed by atoms with Gasteiger partial charge in [-0.25, -0.2) is 4.98 Å². The highest BCUT2D eigenvalue weighted by molar-refractivity contribution is 5.78. The Kier molecular flexibility index (Phi) is 9.14. The molecule has 5 fully saturated rings. The molecule has 5 aliphatic rings. The molecule has 0 spiro atoms. The molecule has 0 radical (unpaired) electrons. The number of benzene rings is 1. The Bertz CT molecular complexity index is 1210. The number of amides is 1. The normalized spacial score (nSPS) is 33.8. The van der Waals surface area contributed by atoms with Crippen LogP contribution in [0.4, 0.5) is 0 Å². The van der Waals surface area contributed by atoms with Gasteiger partial charge < -0.3 is 9.47 Å². The molecular formula is C37H57N5O. The molecule has 4 bridgehead atoms. The van der Waals surface area contributed by atoms with Crippen LogP contribution in [0.5, 0.6) is 0 Å². The molecule has 6 heteroatoms. The number of imidazole rings is 1. The zero-order valence-corrected chi connectivity index (χ0v) is 27.1. The second-order valence-electron chi connectivity index (χ2n) is 15.1. The number of hydrogen-bond donors (Lipinski definition) is 0. The van der Waals surface area contributed by atoms with Gasteiger partial charge in [-0.15, -0.1) is 0 Å². The van der Waals surface area contributed by atoms with E-state index in [1.54, 1.807) is 0 Å². The van der Waals surface area contributed by atoms with E-state index in [-0.39, 0.29) is 5.91 Å². The van der Waals surface area contributed by atoms with E-state index in [2.05, 4.69) is 52.5 Å². The van der Waals surface area contributed by atoms with Gasteiger partial charge in [-0.1, -0.05) is 44.2 Å². The van der Waals surface area contributed by atoms with E-state index in [0.29, 0.717) is 18.5 Å². The third-order valence-electron chi connectivity index (χ3n) is 12.4. The largest absolute Gasteiger partial charge is 0.342 e. The maximum atomic E-state index is 12.9. The van der Waals surface area contributed by atoms with Crippen molar-refractivity contribution in [3.63, 3.8) is 0 Å². The quantitative estimate of drug-likeness (QED) is 0.331. The fraction of sp³-hybridized carbons (Fsp3) is 0.784. The van der Waals surface area contributed by atoms with Crippen LogP contribution in [-0.2, 0) is 11.2 Å². The second kappa shape index (κ2) is 13.2. The van der Waals surface area contributed by atoms with E-state index in [1.807, 2.05) is 4.90 Å². The second-order valence-corrected chi connectivity index (χ2v) is 15.1. The van der Waals surface area contributed by atoms with Gasteiger partial charge in [-0.3, -0.25) is 14.6 Å². The summed E-state index contributed by atoms with van der Waals surface area (Å²) in [5, 5.41) is 0. The van der Waals surface area contributed by atoms with Gasteiger partial charge in [0.05, 0.1) is 17.6 Å². The lowest BCUT2D eigenvalue weighted by Crippen LogP contribution is -2.58. The summed E-state index contributed by atoms with van der Waals surface area (Å²) in [6.45, 7) is 8.42. The molecule has 7 atom stereocenters. The number of likely N-dealkylation sites (tertiary alicyclic amines) is 1. The first-order valence-corrected chi connectivity index (χ1v) is 18.3. The van der Waals surface area contributed by atoms with E-state index in [4.69, 9.17) is 4.98 Å². The third kappa shape index (κ3) is 6.30. The smallest absolute Gasteiger partial charge is 0.236 e. The Hall–Kier alpha value is -1.92. The van der Waals surface area contributed by atoms with Crippen molar-refractivity contribution in [3.8, 4) is 0 Å². The first kappa shape index (κ1) is 29.8. The average molecular weight is 588 g/mol. The van der Waals surface area contributed by atoms with Crippen LogP contribution in [0.25, 0.3) is 11.0 Å². The van der Waals surface area contributed by atoms with E-state index in [1.165, 1.54) is 107 Å². The van der Waals surface area contributed by atoms with Gasteiger partial charge in [-0.05, 0) is 108 Å². The molecule has 1 amide bonds. The zero-order valence-electron chi connectivity index (χ0n) is 27.1. The molecule has 2 saturated carbocycles. The number of fused-ring (bicyclic) bond motifs is 5. The lowest BCUT2D eigenvalue weighted by molar-refractivity contribution is -0.132. The van der Waals surface area contributed by atoms with Crippen molar-refractivity contribution < 1.29 is 4.79 Å². The van der Waals surface area contributed by atoms with Gasteiger partial charge in [0.1, 0.15) is 5.82 Å². The van der Waals surface area contributed by atoms with Crippen molar-refractivity contribution in [2.45, 2.75) is 134 Å². The fourth-order valence-electron chi connectivity index (χ4n) is 10.5. The fourth-order valence-corrected chi connectivity index (χ4v) is 10.5. The minimum Gasteiger partial charge on any atom is -0.342 e. The number of piperidine rings is 3. The first-order chi connectivity index (χ1) is 21.1. The molecule has 3 saturated heterocycles. The van der Waals surface area contributed by atoms with Crippen LogP contribution < -0.4 is 0 Å². The summed E-state index contributed by atoms with van der Waals surface area (Å²) in [4.78, 5) is 25.7. The molecule has 2 aliphatic carbocycles. The summed E-state index contributed by atoms with van der Waals surface area (Å²) in [5.41, 5.74) is 2.52. The molecule has 236 valence electrons. The van der Waals surface area contributed by atoms with E-state index < -0.39 is 0 Å². The molecule has 3 aliphatic heterocycles. The predicted molar refractivity (Wildman–Crippen MR) is 175 cm³/mol. The Morgan fingerprint density at radius 1 is 0.814 bits per heavy atom. The molecule has 1 aromatic heterocycles. The van der Waals surface area contributed by atoms with Crippen molar-refractivity contribution in [3.05, 3.63) is 30.1 Å². The number of aromatic nitrogens is 2. The number of para-hydroxylation sites is 2. The maximum absolute atomic E-state index is 12.9. The molecule has 0 N–H and O–H groups in total. The number of carbonyl (C=O) groups is 1. The Morgan fingerprint density at radius 3 is 2.26 bits per heavy atom. The van der Waals surface area contributed by atoms with Crippen molar-refractivity contribution in [1.29, 1.82) is 0 Å². The van der Waals surface area contributed by atoms with Crippen LogP contribution in [0.3, 0.4) is 0 Å². The lowest BCUT2D eigenvalue weighted by Gasteiger charge is -2.54. The topological polar surface area (TPSA) is 44.6 Å². The van der Waals surface area contributed by atoms with E-state index in [9.17, 15) is 4.79 Å². The molecule has 7 rings (SSSR count). The van der Waals surface area contributed by atoms with Crippen LogP contribution in [0.15, 0.2) is 24.3 Å². The molecule has 6 nitrogen and oxygen atoms in total. The number of carbonyl (C=O) groups excluding carboxylic acids is 1. The van der Waals surface area contributed by atoms with Crippen molar-refractivity contribution in [1.82, 2.24) is 24.3 Å². The summed E-state index contributed by atoms with van der Waals surface area (Å²) in [7, 11) is 0. The van der Waals surface area contributed by atoms with Gasteiger partial charge in [0.2, 0.25) is 5.91 Å². The molecular weight excluding hydrogens is 530 g/mol. The number of nitrogens with zero attached hydrogens (tertiary/aromatic N) is 5. The van der Waals surface area contributed by atoms with Crippen LogP contribution >= 0.6 is 0 Å². The summed E-state index contributed by atoms with van der Waals surface area (Å²) in [6, 6.07) is 11.8. The van der Waals surface area contributed by atoms with Crippen molar-refractivity contribution in [2.75, 3.05) is 32.7 Å². The van der Waals surface area contributed by atoms with Crippen molar-refractivity contribution >= 4 is 16.9 Å². The molecule has 43 heavy (non-hydrogen) atoms. The Morgan fingerprint density at radius 2 is 1.53 bits per heavy atom. The minimum atomic E-state index is 0.286. The van der Waals surface area contributed by atoms with E-state index >= 15 is 0 Å². The first-order valence-electron chi connectivity index (χ1n) is 18.3. The Labute approximate surface area is 260 Å². The van der Waals surface area contributed by atoms with Gasteiger partial charge in [0.15, 0.2) is 0 Å². The van der Waals surface area contributed by atoms with Crippen LogP contribution in [0.2, 0.25) is 0 Å². The molecule has 4 heterocycles. The predicted octanol–water partition coefficient (Wildman–Crippen LogP) is 7.08. The van der Waals surface area contributed by atoms with Crippen molar-refractivity contribution in [2.24, 2.45) is 17.8 Å². The third-order valence-corrected chi connectivity index (χ3v) is 12.4.